The molecule has 0 aromatic heterocycles. The van der Waals surface area contributed by atoms with Gasteiger partial charge in [-0.05, 0) is 38.0 Å². The Hall–Kier alpha value is -1.75. The van der Waals surface area contributed by atoms with Crippen molar-refractivity contribution >= 4 is 17.4 Å². The SMILES string of the molecule is CC1(NC(=O)Nc2cccc(N)c2)CCOCC1. The molecule has 1 aromatic carbocycles. The van der Waals surface area contributed by atoms with E-state index < -0.39 is 0 Å². The quantitative estimate of drug-likeness (QED) is 0.701. The molecule has 0 radical (unpaired) electrons. The zero-order valence-electron chi connectivity index (χ0n) is 10.5. The van der Waals surface area contributed by atoms with Crippen molar-refractivity contribution in [1.82, 2.24) is 5.32 Å². The van der Waals surface area contributed by atoms with Gasteiger partial charge < -0.3 is 21.1 Å². The van der Waals surface area contributed by atoms with Crippen LogP contribution in [-0.2, 0) is 4.74 Å². The molecule has 1 aliphatic heterocycles. The average Bonchev–Trinajstić information content (AvgIpc) is 2.28. The highest BCUT2D eigenvalue weighted by atomic mass is 16.5. The number of benzene rings is 1. The summed E-state index contributed by atoms with van der Waals surface area (Å²) in [6, 6.07) is 6.92. The van der Waals surface area contributed by atoms with Gasteiger partial charge in [-0.3, -0.25) is 0 Å². The van der Waals surface area contributed by atoms with Crippen LogP contribution in [0.4, 0.5) is 16.2 Å². The summed E-state index contributed by atoms with van der Waals surface area (Å²) < 4.78 is 5.29. The molecule has 0 aliphatic carbocycles. The molecule has 0 bridgehead atoms. The number of nitrogens with two attached hydrogens (primary N) is 1. The predicted octanol–water partition coefficient (Wildman–Crippen LogP) is 1.96. The van der Waals surface area contributed by atoms with Crippen molar-refractivity contribution in [3.63, 3.8) is 0 Å². The minimum Gasteiger partial charge on any atom is -0.399 e. The van der Waals surface area contributed by atoms with Crippen molar-refractivity contribution in [3.8, 4) is 0 Å². The number of hydrogen-bond donors (Lipinski definition) is 3. The fourth-order valence-electron chi connectivity index (χ4n) is 2.00. The van der Waals surface area contributed by atoms with E-state index in [2.05, 4.69) is 10.6 Å². The van der Waals surface area contributed by atoms with Crippen LogP contribution in [0.15, 0.2) is 24.3 Å². The zero-order chi connectivity index (χ0) is 13.0. The van der Waals surface area contributed by atoms with Crippen LogP contribution in [0, 0.1) is 0 Å². The second-order valence-electron chi connectivity index (χ2n) is 4.88. The van der Waals surface area contributed by atoms with Crippen LogP contribution in [0.25, 0.3) is 0 Å². The summed E-state index contributed by atoms with van der Waals surface area (Å²) >= 11 is 0. The molecule has 0 atom stereocenters. The van der Waals surface area contributed by atoms with Crippen LogP contribution in [0.2, 0.25) is 0 Å². The normalized spacial score (nSPS) is 18.1. The van der Waals surface area contributed by atoms with E-state index in [0.717, 1.165) is 12.8 Å². The summed E-state index contributed by atoms with van der Waals surface area (Å²) in [6.45, 7) is 3.42. The molecule has 18 heavy (non-hydrogen) atoms. The van der Waals surface area contributed by atoms with Gasteiger partial charge in [-0.1, -0.05) is 6.07 Å². The molecule has 4 N–H and O–H groups in total. The molecule has 1 aliphatic rings. The second kappa shape index (κ2) is 5.27. The Balaban J connectivity index is 1.92. The van der Waals surface area contributed by atoms with E-state index in [1.165, 1.54) is 0 Å². The predicted molar refractivity (Wildman–Crippen MR) is 71.5 cm³/mol. The summed E-state index contributed by atoms with van der Waals surface area (Å²) in [4.78, 5) is 11.9. The van der Waals surface area contributed by atoms with Gasteiger partial charge in [0.25, 0.3) is 0 Å². The van der Waals surface area contributed by atoms with Crippen LogP contribution in [-0.4, -0.2) is 24.8 Å². The van der Waals surface area contributed by atoms with Crippen molar-refractivity contribution in [2.24, 2.45) is 0 Å². The van der Waals surface area contributed by atoms with E-state index in [0.29, 0.717) is 24.6 Å². The molecule has 1 aromatic rings. The van der Waals surface area contributed by atoms with Crippen LogP contribution in [0.1, 0.15) is 19.8 Å². The molecule has 5 nitrogen and oxygen atoms in total. The smallest absolute Gasteiger partial charge is 0.319 e. The van der Waals surface area contributed by atoms with E-state index in [-0.39, 0.29) is 11.6 Å². The number of hydrogen-bond acceptors (Lipinski definition) is 3. The lowest BCUT2D eigenvalue weighted by Crippen LogP contribution is -2.51. The van der Waals surface area contributed by atoms with Crippen molar-refractivity contribution in [2.45, 2.75) is 25.3 Å². The number of anilines is 2. The highest BCUT2D eigenvalue weighted by Gasteiger charge is 2.28. The standard InChI is InChI=1S/C13H19N3O2/c1-13(5-7-18-8-6-13)16-12(17)15-11-4-2-3-10(14)9-11/h2-4,9H,5-8,14H2,1H3,(H2,15,16,17). The average molecular weight is 249 g/mol. The summed E-state index contributed by atoms with van der Waals surface area (Å²) in [7, 11) is 0. The number of rotatable bonds is 2. The van der Waals surface area contributed by atoms with Gasteiger partial charge in [0.1, 0.15) is 0 Å². The highest BCUT2D eigenvalue weighted by molar-refractivity contribution is 5.90. The number of amides is 2. The number of carbonyl (C=O) groups excluding carboxylic acids is 1. The molecular weight excluding hydrogens is 230 g/mol. The van der Waals surface area contributed by atoms with Crippen molar-refractivity contribution < 1.29 is 9.53 Å². The van der Waals surface area contributed by atoms with Gasteiger partial charge >= 0.3 is 6.03 Å². The number of nitrogen functional groups attached to an aromatic ring is 1. The number of urea groups is 1. The Morgan fingerprint density at radius 1 is 1.39 bits per heavy atom. The molecule has 2 amide bonds. The first-order valence-electron chi connectivity index (χ1n) is 6.10. The maximum absolute atomic E-state index is 11.9. The molecule has 5 heteroatoms. The summed E-state index contributed by atoms with van der Waals surface area (Å²) in [5.74, 6) is 0. The van der Waals surface area contributed by atoms with Gasteiger partial charge in [0, 0.05) is 30.1 Å². The van der Waals surface area contributed by atoms with E-state index in [1.807, 2.05) is 13.0 Å². The Morgan fingerprint density at radius 2 is 2.11 bits per heavy atom. The first kappa shape index (κ1) is 12.7. The van der Waals surface area contributed by atoms with Crippen molar-refractivity contribution in [2.75, 3.05) is 24.3 Å². The third-order valence-corrected chi connectivity index (χ3v) is 3.16. The first-order valence-corrected chi connectivity index (χ1v) is 6.10. The third kappa shape index (κ3) is 3.37. The summed E-state index contributed by atoms with van der Waals surface area (Å²) in [5.41, 5.74) is 6.79. The second-order valence-corrected chi connectivity index (χ2v) is 4.88. The van der Waals surface area contributed by atoms with E-state index in [1.54, 1.807) is 18.2 Å². The number of carbonyl (C=O) groups is 1. The maximum atomic E-state index is 11.9. The summed E-state index contributed by atoms with van der Waals surface area (Å²) in [5, 5.41) is 5.78. The Labute approximate surface area is 107 Å². The third-order valence-electron chi connectivity index (χ3n) is 3.16. The molecule has 1 heterocycles. The van der Waals surface area contributed by atoms with Crippen LogP contribution < -0.4 is 16.4 Å². The first-order chi connectivity index (χ1) is 8.57. The van der Waals surface area contributed by atoms with Gasteiger partial charge in [-0.15, -0.1) is 0 Å². The minimum atomic E-state index is -0.204. The van der Waals surface area contributed by atoms with Gasteiger partial charge in [0.2, 0.25) is 0 Å². The van der Waals surface area contributed by atoms with E-state index in [9.17, 15) is 4.79 Å². The molecule has 2 rings (SSSR count). The van der Waals surface area contributed by atoms with Crippen molar-refractivity contribution in [3.05, 3.63) is 24.3 Å². The molecule has 0 saturated carbocycles. The number of ether oxygens (including phenoxy) is 1. The van der Waals surface area contributed by atoms with Crippen LogP contribution in [0.3, 0.4) is 0 Å². The lowest BCUT2D eigenvalue weighted by molar-refractivity contribution is 0.0500. The Kier molecular flexibility index (Phi) is 3.72. The molecule has 1 saturated heterocycles. The van der Waals surface area contributed by atoms with Crippen LogP contribution >= 0.6 is 0 Å². The zero-order valence-corrected chi connectivity index (χ0v) is 10.5. The number of nitrogens with one attached hydrogen (secondary N) is 2. The molecule has 1 fully saturated rings. The molecule has 0 spiro atoms. The Bertz CT molecular complexity index is 428. The largest absolute Gasteiger partial charge is 0.399 e. The molecular formula is C13H19N3O2. The lowest BCUT2D eigenvalue weighted by Gasteiger charge is -2.34. The highest BCUT2D eigenvalue weighted by Crippen LogP contribution is 2.20. The van der Waals surface area contributed by atoms with Gasteiger partial charge in [-0.25, -0.2) is 4.79 Å². The topological polar surface area (TPSA) is 76.4 Å². The lowest BCUT2D eigenvalue weighted by atomic mass is 9.93. The fraction of sp³-hybridized carbons (Fsp3) is 0.462. The van der Waals surface area contributed by atoms with Gasteiger partial charge in [0.15, 0.2) is 0 Å². The Morgan fingerprint density at radius 3 is 2.78 bits per heavy atom. The van der Waals surface area contributed by atoms with Crippen LogP contribution in [0.5, 0.6) is 0 Å². The van der Waals surface area contributed by atoms with E-state index >= 15 is 0 Å². The minimum absolute atomic E-state index is 0.192. The summed E-state index contributed by atoms with van der Waals surface area (Å²) in [6.07, 6.45) is 1.66. The van der Waals surface area contributed by atoms with Gasteiger partial charge in [0.05, 0.1) is 0 Å². The molecule has 98 valence electrons. The van der Waals surface area contributed by atoms with E-state index in [4.69, 9.17) is 10.5 Å². The fourth-order valence-corrected chi connectivity index (χ4v) is 2.00. The monoisotopic (exact) mass is 249 g/mol. The van der Waals surface area contributed by atoms with Gasteiger partial charge in [-0.2, -0.15) is 0 Å². The molecule has 0 unspecified atom stereocenters. The van der Waals surface area contributed by atoms with Crippen molar-refractivity contribution in [1.29, 1.82) is 0 Å². The maximum Gasteiger partial charge on any atom is 0.319 e.